The molecule has 0 radical (unpaired) electrons. The molecule has 0 spiro atoms. The van der Waals surface area contributed by atoms with Crippen LogP contribution in [0, 0.1) is 0 Å². The molecule has 78 valence electrons. The normalized spacial score (nSPS) is 10.2. The highest BCUT2D eigenvalue weighted by Crippen LogP contribution is 2.33. The summed E-state index contributed by atoms with van der Waals surface area (Å²) in [5, 5.41) is 13.1. The first-order valence-corrected chi connectivity index (χ1v) is 4.30. The number of hydrogen-bond donors (Lipinski definition) is 2. The molecule has 2 aromatic rings. The number of ether oxygens (including phenoxy) is 1. The van der Waals surface area contributed by atoms with Crippen LogP contribution in [0.2, 0.25) is 0 Å². The lowest BCUT2D eigenvalue weighted by Crippen LogP contribution is -1.84. The largest absolute Gasteiger partial charge is 0.507 e. The van der Waals surface area contributed by atoms with Gasteiger partial charge in [0.2, 0.25) is 0 Å². The van der Waals surface area contributed by atoms with Crippen LogP contribution in [0.1, 0.15) is 0 Å². The van der Waals surface area contributed by atoms with Crippen LogP contribution < -0.4 is 10.5 Å². The summed E-state index contributed by atoms with van der Waals surface area (Å²) in [7, 11) is 1.55. The highest BCUT2D eigenvalue weighted by molar-refractivity contribution is 5.68. The summed E-state index contributed by atoms with van der Waals surface area (Å²) < 4.78 is 9.97. The molecule has 0 amide bonds. The van der Waals surface area contributed by atoms with Crippen molar-refractivity contribution >= 4 is 5.82 Å². The minimum Gasteiger partial charge on any atom is -0.507 e. The van der Waals surface area contributed by atoms with E-state index >= 15 is 0 Å². The summed E-state index contributed by atoms with van der Waals surface area (Å²) in [6, 6.07) is 6.36. The Morgan fingerprint density at radius 1 is 1.40 bits per heavy atom. The van der Waals surface area contributed by atoms with Crippen molar-refractivity contribution in [2.24, 2.45) is 0 Å². The fraction of sp³-hybridized carbons (Fsp3) is 0.100. The lowest BCUT2D eigenvalue weighted by molar-refractivity contribution is 0.409. The Balaban J connectivity index is 2.51. The third kappa shape index (κ3) is 1.71. The van der Waals surface area contributed by atoms with E-state index in [-0.39, 0.29) is 11.6 Å². The fourth-order valence-electron chi connectivity index (χ4n) is 1.26. The molecule has 5 nitrogen and oxygen atoms in total. The molecule has 0 atom stereocenters. The van der Waals surface area contributed by atoms with Gasteiger partial charge in [-0.1, -0.05) is 5.16 Å². The number of methoxy groups -OCH3 is 1. The van der Waals surface area contributed by atoms with E-state index in [2.05, 4.69) is 5.16 Å². The maximum atomic E-state index is 9.61. The summed E-state index contributed by atoms with van der Waals surface area (Å²) in [4.78, 5) is 0. The molecule has 0 fully saturated rings. The van der Waals surface area contributed by atoms with Gasteiger partial charge in [0.1, 0.15) is 11.5 Å². The lowest BCUT2D eigenvalue weighted by Gasteiger charge is -2.03. The summed E-state index contributed by atoms with van der Waals surface area (Å²) in [6.45, 7) is 0. The van der Waals surface area contributed by atoms with Gasteiger partial charge < -0.3 is 20.1 Å². The first-order valence-electron chi connectivity index (χ1n) is 4.30. The molecule has 0 saturated heterocycles. The van der Waals surface area contributed by atoms with Crippen molar-refractivity contribution in [3.8, 4) is 22.8 Å². The molecular weight excluding hydrogens is 196 g/mol. The molecule has 0 saturated carbocycles. The molecule has 0 aliphatic rings. The van der Waals surface area contributed by atoms with Crippen molar-refractivity contribution < 1.29 is 14.4 Å². The van der Waals surface area contributed by atoms with Crippen LogP contribution in [0.15, 0.2) is 28.8 Å². The quantitative estimate of drug-likeness (QED) is 0.780. The number of rotatable bonds is 2. The molecule has 0 aliphatic heterocycles. The maximum Gasteiger partial charge on any atom is 0.172 e. The van der Waals surface area contributed by atoms with Crippen molar-refractivity contribution in [3.05, 3.63) is 24.3 Å². The second-order valence-electron chi connectivity index (χ2n) is 3.00. The minimum absolute atomic E-state index is 0.0898. The second-order valence-corrected chi connectivity index (χ2v) is 3.00. The van der Waals surface area contributed by atoms with Crippen LogP contribution in [0.3, 0.4) is 0 Å². The molecule has 5 heteroatoms. The number of hydrogen-bond acceptors (Lipinski definition) is 5. The number of aromatic nitrogens is 1. The predicted octanol–water partition coefficient (Wildman–Crippen LogP) is 1.64. The average Bonchev–Trinajstić information content (AvgIpc) is 2.65. The van der Waals surface area contributed by atoms with E-state index in [1.165, 1.54) is 12.1 Å². The van der Waals surface area contributed by atoms with Crippen molar-refractivity contribution in [2.45, 2.75) is 0 Å². The van der Waals surface area contributed by atoms with Gasteiger partial charge >= 0.3 is 0 Å². The Labute approximate surface area is 86.1 Å². The van der Waals surface area contributed by atoms with Gasteiger partial charge in [0.05, 0.1) is 12.7 Å². The number of phenolic OH excluding ortho intramolecular Hbond substituents is 1. The number of aromatic hydroxyl groups is 1. The molecule has 3 N–H and O–H groups in total. The van der Waals surface area contributed by atoms with Crippen molar-refractivity contribution in [1.29, 1.82) is 0 Å². The smallest absolute Gasteiger partial charge is 0.172 e. The Hall–Kier alpha value is -2.17. The minimum atomic E-state index is 0.0898. The predicted molar refractivity (Wildman–Crippen MR) is 54.6 cm³/mol. The van der Waals surface area contributed by atoms with Gasteiger partial charge in [0, 0.05) is 6.07 Å². The molecule has 0 bridgehead atoms. The second kappa shape index (κ2) is 3.53. The van der Waals surface area contributed by atoms with E-state index in [0.717, 1.165) is 0 Å². The van der Waals surface area contributed by atoms with Gasteiger partial charge in [0.25, 0.3) is 0 Å². The van der Waals surface area contributed by atoms with E-state index in [1.54, 1.807) is 19.2 Å². The molecular formula is C10H10N2O3. The summed E-state index contributed by atoms with van der Waals surface area (Å²) in [6.07, 6.45) is 0. The van der Waals surface area contributed by atoms with Gasteiger partial charge in [-0.3, -0.25) is 0 Å². The van der Waals surface area contributed by atoms with E-state index < -0.39 is 0 Å². The van der Waals surface area contributed by atoms with Crippen molar-refractivity contribution in [3.63, 3.8) is 0 Å². The number of nitrogens with zero attached hydrogens (tertiary/aromatic N) is 1. The standard InChI is InChI=1S/C10H10N2O3/c1-14-6-2-3-8(13)7(4-6)9-5-10(11)12-15-9/h2-5,13H,1H3,(H2,11,12). The highest BCUT2D eigenvalue weighted by Gasteiger charge is 2.10. The van der Waals surface area contributed by atoms with Crippen LogP contribution in [-0.4, -0.2) is 17.4 Å². The molecule has 1 aromatic heterocycles. The molecule has 0 unspecified atom stereocenters. The third-order valence-electron chi connectivity index (χ3n) is 2.00. The van der Waals surface area contributed by atoms with Crippen molar-refractivity contribution in [2.75, 3.05) is 12.8 Å². The van der Waals surface area contributed by atoms with Crippen LogP contribution in [0.5, 0.6) is 11.5 Å². The fourth-order valence-corrected chi connectivity index (χ4v) is 1.26. The van der Waals surface area contributed by atoms with Gasteiger partial charge in [0.15, 0.2) is 11.6 Å². The van der Waals surface area contributed by atoms with Gasteiger partial charge in [-0.2, -0.15) is 0 Å². The van der Waals surface area contributed by atoms with Crippen LogP contribution in [-0.2, 0) is 0 Å². The number of nitrogens with two attached hydrogens (primary N) is 1. The van der Waals surface area contributed by atoms with E-state index in [4.69, 9.17) is 15.0 Å². The zero-order valence-electron chi connectivity index (χ0n) is 8.10. The molecule has 0 aliphatic carbocycles. The SMILES string of the molecule is COc1ccc(O)c(-c2cc(N)no2)c1. The first-order chi connectivity index (χ1) is 7.20. The topological polar surface area (TPSA) is 81.5 Å². The van der Waals surface area contributed by atoms with E-state index in [1.807, 2.05) is 0 Å². The zero-order valence-corrected chi connectivity index (χ0v) is 8.10. The summed E-state index contributed by atoms with van der Waals surface area (Å²) in [5.74, 6) is 1.39. The maximum absolute atomic E-state index is 9.61. The lowest BCUT2D eigenvalue weighted by atomic mass is 10.1. The summed E-state index contributed by atoms with van der Waals surface area (Å²) in [5.41, 5.74) is 5.92. The average molecular weight is 206 g/mol. The number of anilines is 1. The van der Waals surface area contributed by atoms with Gasteiger partial charge in [-0.15, -0.1) is 0 Å². The van der Waals surface area contributed by atoms with Crippen LogP contribution in [0.25, 0.3) is 11.3 Å². The van der Waals surface area contributed by atoms with Gasteiger partial charge in [-0.25, -0.2) is 0 Å². The molecule has 1 heterocycles. The third-order valence-corrected chi connectivity index (χ3v) is 2.00. The Kier molecular flexibility index (Phi) is 2.21. The first kappa shape index (κ1) is 9.39. The number of nitrogen functional groups attached to an aromatic ring is 1. The van der Waals surface area contributed by atoms with E-state index in [0.29, 0.717) is 17.1 Å². The Morgan fingerprint density at radius 2 is 2.20 bits per heavy atom. The molecule has 15 heavy (non-hydrogen) atoms. The number of benzene rings is 1. The number of phenols is 1. The summed E-state index contributed by atoms with van der Waals surface area (Å²) >= 11 is 0. The molecule has 2 rings (SSSR count). The van der Waals surface area contributed by atoms with Gasteiger partial charge in [-0.05, 0) is 18.2 Å². The highest BCUT2D eigenvalue weighted by atomic mass is 16.5. The molecule has 1 aromatic carbocycles. The van der Waals surface area contributed by atoms with Crippen LogP contribution >= 0.6 is 0 Å². The Morgan fingerprint density at radius 3 is 2.80 bits per heavy atom. The van der Waals surface area contributed by atoms with Crippen molar-refractivity contribution in [1.82, 2.24) is 5.16 Å². The Bertz CT molecular complexity index is 479. The van der Waals surface area contributed by atoms with Crippen LogP contribution in [0.4, 0.5) is 5.82 Å². The van der Waals surface area contributed by atoms with E-state index in [9.17, 15) is 5.11 Å². The monoisotopic (exact) mass is 206 g/mol. The zero-order chi connectivity index (χ0) is 10.8.